The van der Waals surface area contributed by atoms with Crippen LogP contribution in [0.5, 0.6) is 11.5 Å². The van der Waals surface area contributed by atoms with Gasteiger partial charge < -0.3 is 23.9 Å². The molecule has 4 aromatic rings. The summed E-state index contributed by atoms with van der Waals surface area (Å²) in [6.07, 6.45) is 6.24. The van der Waals surface area contributed by atoms with E-state index >= 15 is 0 Å². The number of nitrogens with zero attached hydrogens (tertiary/aromatic N) is 3. The average Bonchev–Trinajstić information content (AvgIpc) is 3.27. The van der Waals surface area contributed by atoms with Gasteiger partial charge in [0.25, 0.3) is 5.91 Å². The van der Waals surface area contributed by atoms with Crippen LogP contribution in [0.25, 0.3) is 22.2 Å². The Morgan fingerprint density at radius 3 is 2.39 bits per heavy atom. The first-order valence-corrected chi connectivity index (χ1v) is 14.9. The molecule has 2 aromatic carbocycles. The third-order valence-corrected chi connectivity index (χ3v) is 9.07. The lowest BCUT2D eigenvalue weighted by Gasteiger charge is -2.20. The molecule has 0 bridgehead atoms. The van der Waals surface area contributed by atoms with Crippen molar-refractivity contribution < 1.29 is 24.2 Å². The van der Waals surface area contributed by atoms with Crippen LogP contribution >= 0.6 is 11.3 Å². The number of aromatic nitrogens is 2. The lowest BCUT2D eigenvalue weighted by Crippen LogP contribution is -2.35. The van der Waals surface area contributed by atoms with Gasteiger partial charge in [-0.2, -0.15) is 0 Å². The zero-order valence-corrected chi connectivity index (χ0v) is 25.0. The van der Waals surface area contributed by atoms with Gasteiger partial charge in [0.2, 0.25) is 0 Å². The molecule has 6 rings (SSSR count). The monoisotopic (exact) mass is 574 g/mol. The molecule has 2 aromatic heterocycles. The smallest absolute Gasteiger partial charge is 0.276 e. The van der Waals surface area contributed by atoms with Crippen molar-refractivity contribution in [2.45, 2.75) is 53.0 Å². The highest BCUT2D eigenvalue weighted by atomic mass is 32.1. The fourth-order valence-corrected chi connectivity index (χ4v) is 6.85. The predicted octanol–water partition coefficient (Wildman–Crippen LogP) is 5.62. The molecular weight excluding hydrogens is 538 g/mol. The average molecular weight is 575 g/mol. The summed E-state index contributed by atoms with van der Waals surface area (Å²) in [6, 6.07) is 11.1. The summed E-state index contributed by atoms with van der Waals surface area (Å²) in [6.45, 7) is 5.55. The highest BCUT2D eigenvalue weighted by molar-refractivity contribution is 7.14. The number of hydrogen-bond donors (Lipinski definition) is 0. The van der Waals surface area contributed by atoms with Crippen LogP contribution in [0, 0.1) is 25.7 Å². The van der Waals surface area contributed by atoms with E-state index in [1.54, 1.807) is 44.4 Å². The van der Waals surface area contributed by atoms with Gasteiger partial charge in [-0.05, 0) is 68.4 Å². The van der Waals surface area contributed by atoms with E-state index in [4.69, 9.17) is 14.5 Å². The second-order valence-electron chi connectivity index (χ2n) is 10.7. The van der Waals surface area contributed by atoms with Gasteiger partial charge >= 0.3 is 0 Å². The van der Waals surface area contributed by atoms with E-state index in [9.17, 15) is 14.7 Å². The van der Waals surface area contributed by atoms with Crippen molar-refractivity contribution >= 4 is 39.2 Å². The molecule has 216 valence electrons. The Hall–Kier alpha value is -3.85. The highest BCUT2D eigenvalue weighted by Crippen LogP contribution is 2.51. The number of aliphatic carboxylic acids is 1. The van der Waals surface area contributed by atoms with Crippen LogP contribution in [0.4, 0.5) is 5.13 Å². The number of fused-ring (bicyclic) bond motifs is 2. The number of thiazole rings is 1. The van der Waals surface area contributed by atoms with Crippen molar-refractivity contribution in [2.75, 3.05) is 25.7 Å². The summed E-state index contributed by atoms with van der Waals surface area (Å²) >= 11 is 1.33. The zero-order valence-electron chi connectivity index (χ0n) is 24.2. The first kappa shape index (κ1) is 28.7. The Kier molecular flexibility index (Phi) is 8.35. The number of ether oxygens (including phenoxy) is 2. The summed E-state index contributed by atoms with van der Waals surface area (Å²) in [5.74, 6) is 2.20. The lowest BCUT2D eigenvalue weighted by atomic mass is 10.1. The molecule has 0 N–H and O–H groups in total. The van der Waals surface area contributed by atoms with Crippen LogP contribution in [-0.4, -0.2) is 42.2 Å². The first-order valence-electron chi connectivity index (χ1n) is 14.0. The number of carbonyl (C=O) groups is 2. The van der Waals surface area contributed by atoms with Gasteiger partial charge in [-0.15, -0.1) is 11.3 Å². The molecule has 2 saturated carbocycles. The van der Waals surface area contributed by atoms with Crippen LogP contribution in [0.15, 0.2) is 41.8 Å². The molecule has 8 nitrogen and oxygen atoms in total. The minimum atomic E-state index is -1.26. The van der Waals surface area contributed by atoms with Crippen LogP contribution in [0.2, 0.25) is 0 Å². The van der Waals surface area contributed by atoms with E-state index in [-0.39, 0.29) is 5.91 Å². The molecule has 1 amide bonds. The normalized spacial score (nSPS) is 17.0. The Labute approximate surface area is 244 Å². The molecule has 2 fully saturated rings. The summed E-state index contributed by atoms with van der Waals surface area (Å²) in [7, 11) is 3.20. The van der Waals surface area contributed by atoms with Crippen LogP contribution < -0.4 is 19.5 Å². The lowest BCUT2D eigenvalue weighted by molar-refractivity contribution is -0.306. The van der Waals surface area contributed by atoms with Gasteiger partial charge in [0, 0.05) is 28.4 Å². The van der Waals surface area contributed by atoms with Gasteiger partial charge in [-0.1, -0.05) is 37.5 Å². The topological polar surface area (TPSA) is 96.7 Å². The van der Waals surface area contributed by atoms with Crippen LogP contribution in [0.3, 0.4) is 0 Å². The fourth-order valence-electron chi connectivity index (χ4n) is 5.96. The number of benzene rings is 2. The number of aryl methyl sites for hydroxylation is 2. The van der Waals surface area contributed by atoms with Gasteiger partial charge in [0.15, 0.2) is 5.13 Å². The maximum atomic E-state index is 13.8. The second-order valence-corrected chi connectivity index (χ2v) is 11.6. The maximum absolute atomic E-state index is 13.8. The van der Waals surface area contributed by atoms with Gasteiger partial charge in [0.1, 0.15) is 17.2 Å². The summed E-state index contributed by atoms with van der Waals surface area (Å²) in [5.41, 5.74) is 4.03. The molecule has 0 aliphatic heterocycles. The van der Waals surface area contributed by atoms with Crippen molar-refractivity contribution in [3.05, 3.63) is 58.6 Å². The van der Waals surface area contributed by atoms with E-state index < -0.39 is 12.5 Å². The second kappa shape index (κ2) is 11.9. The van der Waals surface area contributed by atoms with E-state index in [0.29, 0.717) is 45.6 Å². The molecule has 2 heterocycles. The van der Waals surface area contributed by atoms with Crippen LogP contribution in [-0.2, 0) is 11.3 Å². The number of methoxy groups -OCH3 is 2. The van der Waals surface area contributed by atoms with E-state index in [2.05, 4.69) is 0 Å². The van der Waals surface area contributed by atoms with Gasteiger partial charge in [0.05, 0.1) is 32.4 Å². The standard InChI is InChI=1S/C26H27N3O5S.C6H10/c1-6-28(25(32)24-16(3)17-9-7-8-10-20(17)29(24)13-23(30)31)26-27-19(14-35-26)18-12-21(33-4)15(2)11-22(18)34-5;1-2-5-4-6(5)3-1/h7-12,14H,6,13H2,1-5H3,(H,30,31);5-6H,1-4H2/p-1. The number of rotatable bonds is 8. The quantitative estimate of drug-likeness (QED) is 0.271. The number of hydrogen-bond acceptors (Lipinski definition) is 7. The Morgan fingerprint density at radius 1 is 1.10 bits per heavy atom. The molecule has 0 saturated heterocycles. The largest absolute Gasteiger partial charge is 0.548 e. The number of carboxylic acids is 1. The van der Waals surface area contributed by atoms with Gasteiger partial charge in [-0.25, -0.2) is 4.98 Å². The third-order valence-electron chi connectivity index (χ3n) is 8.21. The Morgan fingerprint density at radius 2 is 1.80 bits per heavy atom. The van der Waals surface area contributed by atoms with Crippen molar-refractivity contribution in [1.82, 2.24) is 9.55 Å². The van der Waals surface area contributed by atoms with Crippen LogP contribution in [0.1, 0.15) is 54.2 Å². The summed E-state index contributed by atoms with van der Waals surface area (Å²) in [4.78, 5) is 31.6. The number of amides is 1. The molecule has 2 aliphatic rings. The molecule has 0 radical (unpaired) electrons. The minimum Gasteiger partial charge on any atom is -0.548 e. The predicted molar refractivity (Wildman–Crippen MR) is 160 cm³/mol. The van der Waals surface area contributed by atoms with Gasteiger partial charge in [-0.3, -0.25) is 9.69 Å². The first-order chi connectivity index (χ1) is 19.8. The molecule has 2 unspecified atom stereocenters. The molecular formula is C32H36N3O5S-. The van der Waals surface area contributed by atoms with E-state index in [1.807, 2.05) is 56.5 Å². The molecule has 9 heteroatoms. The zero-order chi connectivity index (χ0) is 29.3. The highest BCUT2D eigenvalue weighted by Gasteiger charge is 2.40. The summed E-state index contributed by atoms with van der Waals surface area (Å²) < 4.78 is 12.5. The van der Waals surface area contributed by atoms with E-state index in [1.165, 1.54) is 34.2 Å². The minimum absolute atomic E-state index is 0.309. The number of carboxylic acid groups (broad SMARTS) is 1. The van der Waals surface area contributed by atoms with Crippen molar-refractivity contribution in [2.24, 2.45) is 11.8 Å². The SMILES string of the molecule is C1CC2CC2C1.CCN(C(=O)c1c(C)c2ccccc2n1CC(=O)[O-])c1nc(-c2cc(OC)c(C)cc2OC)cs1. The molecule has 0 spiro atoms. The number of anilines is 1. The summed E-state index contributed by atoms with van der Waals surface area (Å²) in [5, 5.41) is 14.7. The number of carbonyl (C=O) groups excluding carboxylic acids is 2. The maximum Gasteiger partial charge on any atom is 0.276 e. The molecule has 2 aliphatic carbocycles. The molecule has 41 heavy (non-hydrogen) atoms. The van der Waals surface area contributed by atoms with Crippen molar-refractivity contribution in [3.8, 4) is 22.8 Å². The number of para-hydroxylation sites is 1. The fraction of sp³-hybridized carbons (Fsp3) is 0.406. The molecule has 2 atom stereocenters. The Bertz CT molecular complexity index is 1580. The Balaban J connectivity index is 0.000000490. The van der Waals surface area contributed by atoms with E-state index in [0.717, 1.165) is 16.5 Å². The third kappa shape index (κ3) is 5.68. The van der Waals surface area contributed by atoms with Crippen molar-refractivity contribution in [3.63, 3.8) is 0 Å². The van der Waals surface area contributed by atoms with Crippen molar-refractivity contribution in [1.29, 1.82) is 0 Å².